The van der Waals surface area contributed by atoms with Crippen LogP contribution in [0.25, 0.3) is 10.9 Å². The van der Waals surface area contributed by atoms with Gasteiger partial charge in [-0.15, -0.1) is 0 Å². The Kier molecular flexibility index (Phi) is 3.85. The van der Waals surface area contributed by atoms with E-state index in [9.17, 15) is 0 Å². The molecule has 2 aromatic rings. The molecule has 2 nitrogen and oxygen atoms in total. The lowest BCUT2D eigenvalue weighted by atomic mass is 10.0. The van der Waals surface area contributed by atoms with Crippen LogP contribution in [0.2, 0.25) is 0 Å². The first-order valence-electron chi connectivity index (χ1n) is 6.54. The molecule has 0 radical (unpaired) electrons. The summed E-state index contributed by atoms with van der Waals surface area (Å²) in [6, 6.07) is 8.94. The zero-order valence-corrected chi connectivity index (χ0v) is 10.8. The van der Waals surface area contributed by atoms with Crippen LogP contribution < -0.4 is 5.73 Å². The van der Waals surface area contributed by atoms with Gasteiger partial charge in [0, 0.05) is 18.8 Å². The highest BCUT2D eigenvalue weighted by molar-refractivity contribution is 5.83. The maximum atomic E-state index is 5.93. The van der Waals surface area contributed by atoms with Crippen LogP contribution in [0.1, 0.15) is 32.3 Å². The summed E-state index contributed by atoms with van der Waals surface area (Å²) in [4.78, 5) is 0. The molecule has 92 valence electrons. The van der Waals surface area contributed by atoms with E-state index in [1.165, 1.54) is 29.3 Å². The van der Waals surface area contributed by atoms with E-state index in [1.807, 2.05) is 0 Å². The van der Waals surface area contributed by atoms with Gasteiger partial charge in [-0.1, -0.05) is 31.5 Å². The standard InChI is InChI=1S/C15H22N2/c1-3-4-9-17-10-8-13-6-5-7-14(15(13)17)11-12(2)16/h5-8,10,12H,3-4,9,11,16H2,1-2H3. The lowest BCUT2D eigenvalue weighted by molar-refractivity contribution is 0.646. The monoisotopic (exact) mass is 230 g/mol. The number of para-hydroxylation sites is 1. The van der Waals surface area contributed by atoms with Gasteiger partial charge in [-0.3, -0.25) is 0 Å². The van der Waals surface area contributed by atoms with Gasteiger partial charge in [-0.2, -0.15) is 0 Å². The molecule has 0 spiro atoms. The quantitative estimate of drug-likeness (QED) is 0.839. The van der Waals surface area contributed by atoms with Gasteiger partial charge >= 0.3 is 0 Å². The molecule has 0 saturated carbocycles. The molecule has 0 fully saturated rings. The first-order chi connectivity index (χ1) is 8.22. The molecule has 0 aliphatic rings. The molecule has 1 aromatic carbocycles. The Morgan fingerprint density at radius 3 is 2.82 bits per heavy atom. The third kappa shape index (κ3) is 2.70. The summed E-state index contributed by atoms with van der Waals surface area (Å²) >= 11 is 0. The lowest BCUT2D eigenvalue weighted by Crippen LogP contribution is -2.18. The van der Waals surface area contributed by atoms with Crippen molar-refractivity contribution in [3.63, 3.8) is 0 Å². The number of hydrogen-bond acceptors (Lipinski definition) is 1. The number of aryl methyl sites for hydroxylation is 1. The van der Waals surface area contributed by atoms with Gasteiger partial charge in [0.1, 0.15) is 0 Å². The van der Waals surface area contributed by atoms with Crippen LogP contribution in [0.3, 0.4) is 0 Å². The second-order valence-corrected chi connectivity index (χ2v) is 4.90. The summed E-state index contributed by atoms with van der Waals surface area (Å²) in [6.45, 7) is 5.41. The number of hydrogen-bond donors (Lipinski definition) is 1. The van der Waals surface area contributed by atoms with Crippen LogP contribution in [0.15, 0.2) is 30.5 Å². The highest BCUT2D eigenvalue weighted by Crippen LogP contribution is 2.22. The Morgan fingerprint density at radius 1 is 1.29 bits per heavy atom. The topological polar surface area (TPSA) is 30.9 Å². The molecule has 0 aliphatic carbocycles. The summed E-state index contributed by atoms with van der Waals surface area (Å²) in [6.07, 6.45) is 5.61. The number of nitrogens with zero attached hydrogens (tertiary/aromatic N) is 1. The van der Waals surface area contributed by atoms with Gasteiger partial charge in [0.25, 0.3) is 0 Å². The Balaban J connectivity index is 2.40. The van der Waals surface area contributed by atoms with E-state index in [0.717, 1.165) is 13.0 Å². The average molecular weight is 230 g/mol. The van der Waals surface area contributed by atoms with Crippen molar-refractivity contribution in [2.24, 2.45) is 5.73 Å². The van der Waals surface area contributed by atoms with Crippen molar-refractivity contribution in [3.05, 3.63) is 36.0 Å². The van der Waals surface area contributed by atoms with Crippen molar-refractivity contribution in [2.45, 2.75) is 45.7 Å². The van der Waals surface area contributed by atoms with E-state index in [-0.39, 0.29) is 6.04 Å². The van der Waals surface area contributed by atoms with Crippen LogP contribution >= 0.6 is 0 Å². The molecule has 2 rings (SSSR count). The number of aromatic nitrogens is 1. The molecule has 1 atom stereocenters. The lowest BCUT2D eigenvalue weighted by Gasteiger charge is -2.11. The van der Waals surface area contributed by atoms with Gasteiger partial charge in [-0.25, -0.2) is 0 Å². The molecular formula is C15H22N2. The largest absolute Gasteiger partial charge is 0.347 e. The molecule has 2 N–H and O–H groups in total. The van der Waals surface area contributed by atoms with Crippen LogP contribution in [0.5, 0.6) is 0 Å². The minimum absolute atomic E-state index is 0.218. The summed E-state index contributed by atoms with van der Waals surface area (Å²) in [5.41, 5.74) is 8.67. The molecule has 0 saturated heterocycles. The van der Waals surface area contributed by atoms with Crippen LogP contribution in [-0.2, 0) is 13.0 Å². The molecule has 0 amide bonds. The van der Waals surface area contributed by atoms with E-state index in [2.05, 4.69) is 48.9 Å². The maximum Gasteiger partial charge on any atom is 0.0513 e. The fraction of sp³-hybridized carbons (Fsp3) is 0.467. The number of benzene rings is 1. The SMILES string of the molecule is CCCCn1ccc2cccc(CC(C)N)c21. The van der Waals surface area contributed by atoms with Gasteiger partial charge in [0.2, 0.25) is 0 Å². The van der Waals surface area contributed by atoms with Crippen molar-refractivity contribution in [2.75, 3.05) is 0 Å². The number of nitrogens with two attached hydrogens (primary N) is 1. The summed E-state index contributed by atoms with van der Waals surface area (Å²) in [5, 5.41) is 1.33. The first kappa shape index (κ1) is 12.2. The molecule has 17 heavy (non-hydrogen) atoms. The molecular weight excluding hydrogens is 208 g/mol. The van der Waals surface area contributed by atoms with E-state index >= 15 is 0 Å². The van der Waals surface area contributed by atoms with Crippen molar-refractivity contribution in [1.82, 2.24) is 4.57 Å². The molecule has 1 aromatic heterocycles. The van der Waals surface area contributed by atoms with Gasteiger partial charge in [0.05, 0.1) is 5.52 Å². The zero-order chi connectivity index (χ0) is 12.3. The van der Waals surface area contributed by atoms with Crippen molar-refractivity contribution >= 4 is 10.9 Å². The fourth-order valence-corrected chi connectivity index (χ4v) is 2.37. The molecule has 2 heteroatoms. The zero-order valence-electron chi connectivity index (χ0n) is 10.8. The van der Waals surface area contributed by atoms with E-state index in [0.29, 0.717) is 0 Å². The Hall–Kier alpha value is -1.28. The smallest absolute Gasteiger partial charge is 0.0513 e. The van der Waals surface area contributed by atoms with Gasteiger partial charge < -0.3 is 10.3 Å². The first-order valence-corrected chi connectivity index (χ1v) is 6.54. The second-order valence-electron chi connectivity index (χ2n) is 4.90. The minimum Gasteiger partial charge on any atom is -0.347 e. The summed E-state index contributed by atoms with van der Waals surface area (Å²) < 4.78 is 2.37. The minimum atomic E-state index is 0.218. The van der Waals surface area contributed by atoms with Crippen molar-refractivity contribution in [3.8, 4) is 0 Å². The number of rotatable bonds is 5. The van der Waals surface area contributed by atoms with E-state index < -0.39 is 0 Å². The second kappa shape index (κ2) is 5.37. The van der Waals surface area contributed by atoms with Gasteiger partial charge in [-0.05, 0) is 36.8 Å². The van der Waals surface area contributed by atoms with Crippen molar-refractivity contribution < 1.29 is 0 Å². The molecule has 0 aliphatic heterocycles. The predicted molar refractivity (Wildman–Crippen MR) is 74.2 cm³/mol. The highest BCUT2D eigenvalue weighted by atomic mass is 14.9. The fourth-order valence-electron chi connectivity index (χ4n) is 2.37. The van der Waals surface area contributed by atoms with Crippen LogP contribution in [-0.4, -0.2) is 10.6 Å². The van der Waals surface area contributed by atoms with E-state index in [4.69, 9.17) is 5.73 Å². The Labute approximate surface area is 103 Å². The number of unbranched alkanes of at least 4 members (excludes halogenated alkanes) is 1. The predicted octanol–water partition coefficient (Wildman–Crippen LogP) is 3.33. The highest BCUT2D eigenvalue weighted by Gasteiger charge is 2.07. The van der Waals surface area contributed by atoms with Crippen LogP contribution in [0, 0.1) is 0 Å². The van der Waals surface area contributed by atoms with E-state index in [1.54, 1.807) is 0 Å². The van der Waals surface area contributed by atoms with Crippen molar-refractivity contribution in [1.29, 1.82) is 0 Å². The number of fused-ring (bicyclic) bond motifs is 1. The van der Waals surface area contributed by atoms with Gasteiger partial charge in [0.15, 0.2) is 0 Å². The molecule has 0 bridgehead atoms. The Morgan fingerprint density at radius 2 is 2.12 bits per heavy atom. The molecule has 1 heterocycles. The average Bonchev–Trinajstić information content (AvgIpc) is 2.70. The summed E-state index contributed by atoms with van der Waals surface area (Å²) in [7, 11) is 0. The normalized spacial score (nSPS) is 13.1. The van der Waals surface area contributed by atoms with Crippen LogP contribution in [0.4, 0.5) is 0 Å². The third-order valence-electron chi connectivity index (χ3n) is 3.17. The third-order valence-corrected chi connectivity index (χ3v) is 3.17. The maximum absolute atomic E-state index is 5.93. The Bertz CT molecular complexity index is 483. The molecule has 1 unspecified atom stereocenters. The summed E-state index contributed by atoms with van der Waals surface area (Å²) in [5.74, 6) is 0.